The Morgan fingerprint density at radius 2 is 1.64 bits per heavy atom. The fraction of sp³-hybridized carbons (Fsp3) is 0.381. The van der Waals surface area contributed by atoms with Crippen LogP contribution in [0.5, 0.6) is 5.75 Å². The minimum Gasteiger partial charge on any atom is -0.489 e. The Kier molecular flexibility index (Phi) is 6.64. The van der Waals surface area contributed by atoms with Crippen LogP contribution in [0.4, 0.5) is 0 Å². The zero-order valence-electron chi connectivity index (χ0n) is 15.5. The number of aliphatic hydroxyl groups excluding tert-OH is 3. The van der Waals surface area contributed by atoms with Crippen molar-refractivity contribution in [2.75, 3.05) is 6.61 Å². The first-order valence-corrected chi connectivity index (χ1v) is 9.09. The van der Waals surface area contributed by atoms with Gasteiger partial charge in [-0.25, -0.2) is 4.79 Å². The van der Waals surface area contributed by atoms with Crippen LogP contribution < -0.4 is 4.74 Å². The molecular weight excluding hydrogens is 364 g/mol. The molecule has 0 spiro atoms. The van der Waals surface area contributed by atoms with E-state index in [0.717, 1.165) is 5.56 Å². The van der Waals surface area contributed by atoms with Crippen LogP contribution in [0.25, 0.3) is 0 Å². The van der Waals surface area contributed by atoms with Crippen LogP contribution in [-0.4, -0.2) is 58.4 Å². The van der Waals surface area contributed by atoms with Gasteiger partial charge in [-0.3, -0.25) is 0 Å². The lowest BCUT2D eigenvalue weighted by Gasteiger charge is -2.38. The van der Waals surface area contributed by atoms with E-state index in [2.05, 4.69) is 0 Å². The van der Waals surface area contributed by atoms with Crippen molar-refractivity contribution in [2.45, 2.75) is 44.1 Å². The van der Waals surface area contributed by atoms with Crippen molar-refractivity contribution in [3.05, 3.63) is 65.7 Å². The summed E-state index contributed by atoms with van der Waals surface area (Å²) in [5, 5.41) is 29.4. The number of rotatable bonds is 6. The summed E-state index contributed by atoms with van der Waals surface area (Å²) >= 11 is 0. The van der Waals surface area contributed by atoms with Crippen LogP contribution in [0.1, 0.15) is 22.8 Å². The Bertz CT molecular complexity index is 762. The second-order valence-corrected chi connectivity index (χ2v) is 6.75. The summed E-state index contributed by atoms with van der Waals surface area (Å²) in [6.07, 6.45) is -5.47. The standard InChI is InChI=1S/C21H24O7/c1-13-18(22)20(24)19(23)17(28-13)12-27-21(25)15-7-9-16(10-8-15)26-11-14-5-3-2-4-6-14/h2-10,13,17-20,22-24H,11-12H2,1H3/t13?,17-,18+,19-,20-/m1/s1. The largest absolute Gasteiger partial charge is 0.489 e. The third kappa shape index (κ3) is 4.88. The number of hydrogen-bond donors (Lipinski definition) is 3. The van der Waals surface area contributed by atoms with Gasteiger partial charge in [0.05, 0.1) is 11.7 Å². The van der Waals surface area contributed by atoms with E-state index in [1.165, 1.54) is 0 Å². The van der Waals surface area contributed by atoms with Crippen LogP contribution in [0, 0.1) is 0 Å². The zero-order valence-corrected chi connectivity index (χ0v) is 15.5. The summed E-state index contributed by atoms with van der Waals surface area (Å²) in [6.45, 7) is 1.76. The van der Waals surface area contributed by atoms with Gasteiger partial charge in [0.25, 0.3) is 0 Å². The van der Waals surface area contributed by atoms with Crippen molar-refractivity contribution in [2.24, 2.45) is 0 Å². The smallest absolute Gasteiger partial charge is 0.338 e. The average molecular weight is 388 g/mol. The summed E-state index contributed by atoms with van der Waals surface area (Å²) in [5.74, 6) is 0.0380. The molecule has 2 aromatic carbocycles. The lowest BCUT2D eigenvalue weighted by Crippen LogP contribution is -2.57. The number of hydrogen-bond acceptors (Lipinski definition) is 7. The van der Waals surface area contributed by atoms with Gasteiger partial charge in [0.15, 0.2) is 0 Å². The molecule has 7 nitrogen and oxygen atoms in total. The molecule has 7 heteroatoms. The van der Waals surface area contributed by atoms with E-state index in [9.17, 15) is 20.1 Å². The number of benzene rings is 2. The topological polar surface area (TPSA) is 105 Å². The predicted molar refractivity (Wildman–Crippen MR) is 99.9 cm³/mol. The lowest BCUT2D eigenvalue weighted by atomic mass is 9.96. The Labute approximate surface area is 163 Å². The SMILES string of the molecule is CC1O[C@H](COC(=O)c2ccc(OCc3ccccc3)cc2)[C@@H](O)[C@H](O)[C@H]1O. The number of carbonyl (C=O) groups excluding carboxylic acids is 1. The molecule has 0 aliphatic carbocycles. The molecule has 0 radical (unpaired) electrons. The fourth-order valence-electron chi connectivity index (χ4n) is 2.94. The van der Waals surface area contributed by atoms with Gasteiger partial charge in [0.2, 0.25) is 0 Å². The second kappa shape index (κ2) is 9.16. The van der Waals surface area contributed by atoms with Crippen LogP contribution in [-0.2, 0) is 16.1 Å². The molecule has 150 valence electrons. The molecule has 1 saturated heterocycles. The maximum Gasteiger partial charge on any atom is 0.338 e. The number of carbonyl (C=O) groups is 1. The quantitative estimate of drug-likeness (QED) is 0.641. The maximum atomic E-state index is 12.2. The molecule has 0 bridgehead atoms. The Morgan fingerprint density at radius 3 is 2.32 bits per heavy atom. The zero-order chi connectivity index (χ0) is 20.1. The highest BCUT2D eigenvalue weighted by molar-refractivity contribution is 5.89. The van der Waals surface area contributed by atoms with Gasteiger partial charge >= 0.3 is 5.97 Å². The number of esters is 1. The molecule has 1 aliphatic rings. The minimum absolute atomic E-state index is 0.236. The van der Waals surface area contributed by atoms with Gasteiger partial charge < -0.3 is 29.5 Å². The molecule has 1 unspecified atom stereocenters. The van der Waals surface area contributed by atoms with E-state index in [4.69, 9.17) is 14.2 Å². The summed E-state index contributed by atoms with van der Waals surface area (Å²) in [5.41, 5.74) is 1.37. The molecule has 3 rings (SSSR count). The van der Waals surface area contributed by atoms with Gasteiger partial charge in [0.1, 0.15) is 43.4 Å². The van der Waals surface area contributed by atoms with Crippen molar-refractivity contribution in [3.8, 4) is 5.75 Å². The van der Waals surface area contributed by atoms with Crippen molar-refractivity contribution < 1.29 is 34.3 Å². The highest BCUT2D eigenvalue weighted by Crippen LogP contribution is 2.22. The second-order valence-electron chi connectivity index (χ2n) is 6.75. The van der Waals surface area contributed by atoms with Gasteiger partial charge in [-0.05, 0) is 36.8 Å². The Hall–Kier alpha value is -2.45. The van der Waals surface area contributed by atoms with Crippen molar-refractivity contribution >= 4 is 5.97 Å². The molecule has 1 heterocycles. The summed E-state index contributed by atoms with van der Waals surface area (Å²) in [4.78, 5) is 12.2. The van der Waals surface area contributed by atoms with Crippen LogP contribution in [0.15, 0.2) is 54.6 Å². The van der Waals surface area contributed by atoms with E-state index in [-0.39, 0.29) is 6.61 Å². The monoisotopic (exact) mass is 388 g/mol. The lowest BCUT2D eigenvalue weighted by molar-refractivity contribution is -0.224. The van der Waals surface area contributed by atoms with Gasteiger partial charge in [-0.1, -0.05) is 30.3 Å². The maximum absolute atomic E-state index is 12.2. The number of ether oxygens (including phenoxy) is 3. The first-order chi connectivity index (χ1) is 13.5. The molecule has 28 heavy (non-hydrogen) atoms. The van der Waals surface area contributed by atoms with E-state index in [0.29, 0.717) is 17.9 Å². The van der Waals surface area contributed by atoms with E-state index < -0.39 is 36.5 Å². The summed E-state index contributed by atoms with van der Waals surface area (Å²) in [7, 11) is 0. The third-order valence-electron chi connectivity index (χ3n) is 4.67. The molecule has 1 aliphatic heterocycles. The molecule has 5 atom stereocenters. The van der Waals surface area contributed by atoms with Crippen molar-refractivity contribution in [1.82, 2.24) is 0 Å². The van der Waals surface area contributed by atoms with Crippen LogP contribution in [0.2, 0.25) is 0 Å². The van der Waals surface area contributed by atoms with E-state index in [1.54, 1.807) is 31.2 Å². The molecule has 0 amide bonds. The van der Waals surface area contributed by atoms with Crippen LogP contribution in [0.3, 0.4) is 0 Å². The first kappa shape index (κ1) is 20.3. The van der Waals surface area contributed by atoms with Gasteiger partial charge in [0, 0.05) is 0 Å². The molecule has 3 N–H and O–H groups in total. The van der Waals surface area contributed by atoms with Gasteiger partial charge in [-0.15, -0.1) is 0 Å². The third-order valence-corrected chi connectivity index (χ3v) is 4.67. The fourth-order valence-corrected chi connectivity index (χ4v) is 2.94. The summed E-state index contributed by atoms with van der Waals surface area (Å²) < 4.78 is 16.3. The highest BCUT2D eigenvalue weighted by atomic mass is 16.6. The Morgan fingerprint density at radius 1 is 0.964 bits per heavy atom. The normalized spacial score (nSPS) is 27.2. The predicted octanol–water partition coefficient (Wildman–Crippen LogP) is 1.29. The molecule has 1 fully saturated rings. The molecule has 2 aromatic rings. The minimum atomic E-state index is -1.35. The van der Waals surface area contributed by atoms with Gasteiger partial charge in [-0.2, -0.15) is 0 Å². The highest BCUT2D eigenvalue weighted by Gasteiger charge is 2.42. The van der Waals surface area contributed by atoms with Crippen LogP contribution >= 0.6 is 0 Å². The van der Waals surface area contributed by atoms with Crippen molar-refractivity contribution in [3.63, 3.8) is 0 Å². The molecular formula is C21H24O7. The average Bonchev–Trinajstić information content (AvgIpc) is 2.73. The Balaban J connectivity index is 1.50. The number of aliphatic hydroxyl groups is 3. The molecule has 0 saturated carbocycles. The summed E-state index contributed by atoms with van der Waals surface area (Å²) in [6, 6.07) is 16.3. The van der Waals surface area contributed by atoms with E-state index >= 15 is 0 Å². The molecule has 0 aromatic heterocycles. The van der Waals surface area contributed by atoms with Crippen molar-refractivity contribution in [1.29, 1.82) is 0 Å². The first-order valence-electron chi connectivity index (χ1n) is 9.09. The van der Waals surface area contributed by atoms with E-state index in [1.807, 2.05) is 30.3 Å².